The van der Waals surface area contributed by atoms with E-state index >= 15 is 0 Å². The first-order valence-corrected chi connectivity index (χ1v) is 5.29. The summed E-state index contributed by atoms with van der Waals surface area (Å²) in [7, 11) is 0. The number of rotatable bonds is 4. The van der Waals surface area contributed by atoms with Crippen LogP contribution in [0.3, 0.4) is 0 Å². The second kappa shape index (κ2) is 4.13. The van der Waals surface area contributed by atoms with E-state index in [2.05, 4.69) is 20.8 Å². The van der Waals surface area contributed by atoms with Gasteiger partial charge in [-0.2, -0.15) is 0 Å². The maximum atomic E-state index is 2.45. The van der Waals surface area contributed by atoms with Crippen molar-refractivity contribution in [2.24, 2.45) is 17.8 Å². The highest BCUT2D eigenvalue weighted by Gasteiger charge is 2.35. The summed E-state index contributed by atoms with van der Waals surface area (Å²) in [5.41, 5.74) is 0. The predicted octanol–water partition coefficient (Wildman–Crippen LogP) is 3.86. The lowest BCUT2D eigenvalue weighted by atomic mass is 9.63. The zero-order chi connectivity index (χ0) is 8.27. The Kier molecular flexibility index (Phi) is 3.42. The van der Waals surface area contributed by atoms with Crippen LogP contribution < -0.4 is 0 Å². The van der Waals surface area contributed by atoms with Crippen LogP contribution in [0.4, 0.5) is 0 Å². The molecular weight excluding hydrogens is 132 g/mol. The summed E-state index contributed by atoms with van der Waals surface area (Å²) in [5.74, 6) is 3.20. The van der Waals surface area contributed by atoms with Crippen molar-refractivity contribution in [2.75, 3.05) is 0 Å². The van der Waals surface area contributed by atoms with Crippen LogP contribution in [0, 0.1) is 17.8 Å². The van der Waals surface area contributed by atoms with Gasteiger partial charge in [0.1, 0.15) is 0 Å². The largest absolute Gasteiger partial charge is 0.0654 e. The molecule has 1 aliphatic rings. The normalized spacial score (nSPS) is 36.8. The molecule has 0 N–H and O–H groups in total. The van der Waals surface area contributed by atoms with Gasteiger partial charge in [-0.05, 0) is 24.2 Å². The summed E-state index contributed by atoms with van der Waals surface area (Å²) in [6, 6.07) is 0. The van der Waals surface area contributed by atoms with Crippen molar-refractivity contribution in [3.63, 3.8) is 0 Å². The first-order valence-electron chi connectivity index (χ1n) is 5.29. The van der Waals surface area contributed by atoms with Gasteiger partial charge in [0.25, 0.3) is 0 Å². The van der Waals surface area contributed by atoms with Crippen LogP contribution in [0.5, 0.6) is 0 Å². The molecule has 1 fully saturated rings. The Balaban J connectivity index is 2.15. The SMILES string of the molecule is CCCC1CC(CCC)C1C. The zero-order valence-corrected chi connectivity index (χ0v) is 8.27. The summed E-state index contributed by atoms with van der Waals surface area (Å²) in [6.07, 6.45) is 7.24. The molecule has 0 heterocycles. The fourth-order valence-electron chi connectivity index (χ4n) is 2.51. The van der Waals surface area contributed by atoms with Gasteiger partial charge >= 0.3 is 0 Å². The van der Waals surface area contributed by atoms with Gasteiger partial charge in [0, 0.05) is 0 Å². The summed E-state index contributed by atoms with van der Waals surface area (Å²) in [6.45, 7) is 7.06. The fourth-order valence-corrected chi connectivity index (χ4v) is 2.51. The van der Waals surface area contributed by atoms with Crippen molar-refractivity contribution >= 4 is 0 Å². The lowest BCUT2D eigenvalue weighted by molar-refractivity contribution is 0.0716. The van der Waals surface area contributed by atoms with Crippen molar-refractivity contribution in [2.45, 2.75) is 52.9 Å². The molecule has 0 amide bonds. The van der Waals surface area contributed by atoms with Crippen molar-refractivity contribution in [3.05, 3.63) is 0 Å². The predicted molar refractivity (Wildman–Crippen MR) is 50.6 cm³/mol. The minimum absolute atomic E-state index is 1.04. The molecule has 0 radical (unpaired) electrons. The van der Waals surface area contributed by atoms with Gasteiger partial charge in [-0.3, -0.25) is 0 Å². The summed E-state index contributed by atoms with van der Waals surface area (Å²) in [5, 5.41) is 0. The molecule has 0 aromatic rings. The van der Waals surface area contributed by atoms with Crippen LogP contribution in [-0.2, 0) is 0 Å². The zero-order valence-electron chi connectivity index (χ0n) is 8.27. The van der Waals surface area contributed by atoms with Crippen molar-refractivity contribution < 1.29 is 0 Å². The molecule has 0 bridgehead atoms. The van der Waals surface area contributed by atoms with E-state index in [0.29, 0.717) is 0 Å². The molecule has 2 atom stereocenters. The Labute approximate surface area is 71.4 Å². The molecule has 0 saturated heterocycles. The second-order valence-corrected chi connectivity index (χ2v) is 4.19. The van der Waals surface area contributed by atoms with E-state index < -0.39 is 0 Å². The van der Waals surface area contributed by atoms with Gasteiger partial charge in [0.15, 0.2) is 0 Å². The van der Waals surface area contributed by atoms with Crippen LogP contribution >= 0.6 is 0 Å². The van der Waals surface area contributed by atoms with Gasteiger partial charge < -0.3 is 0 Å². The standard InChI is InChI=1S/C11H22/c1-4-6-10-8-11(7-5-2)9(10)3/h9-11H,4-8H2,1-3H3. The molecule has 0 heteroatoms. The highest BCUT2D eigenvalue weighted by molar-refractivity contribution is 4.85. The molecule has 0 aromatic heterocycles. The van der Waals surface area contributed by atoms with Crippen molar-refractivity contribution in [3.8, 4) is 0 Å². The average molecular weight is 154 g/mol. The second-order valence-electron chi connectivity index (χ2n) is 4.19. The molecule has 2 unspecified atom stereocenters. The van der Waals surface area contributed by atoms with Gasteiger partial charge in [0.2, 0.25) is 0 Å². The quantitative estimate of drug-likeness (QED) is 0.577. The first-order chi connectivity index (χ1) is 5.29. The molecule has 11 heavy (non-hydrogen) atoms. The average Bonchev–Trinajstić information content (AvgIpc) is 2.02. The van der Waals surface area contributed by atoms with Crippen LogP contribution in [0.25, 0.3) is 0 Å². The van der Waals surface area contributed by atoms with Crippen LogP contribution in [0.15, 0.2) is 0 Å². The molecule has 0 nitrogen and oxygen atoms in total. The third-order valence-corrected chi connectivity index (χ3v) is 3.41. The van der Waals surface area contributed by atoms with Crippen LogP contribution in [-0.4, -0.2) is 0 Å². The Hall–Kier alpha value is 0. The molecule has 0 aliphatic heterocycles. The third kappa shape index (κ3) is 1.98. The Morgan fingerprint density at radius 3 is 1.73 bits per heavy atom. The van der Waals surface area contributed by atoms with Gasteiger partial charge in [0.05, 0.1) is 0 Å². The molecule has 0 aromatic carbocycles. The Morgan fingerprint density at radius 1 is 1.00 bits per heavy atom. The highest BCUT2D eigenvalue weighted by Crippen LogP contribution is 2.44. The molecule has 1 saturated carbocycles. The minimum Gasteiger partial charge on any atom is -0.0654 e. The number of hydrogen-bond acceptors (Lipinski definition) is 0. The lowest BCUT2D eigenvalue weighted by Gasteiger charge is -2.43. The van der Waals surface area contributed by atoms with E-state index in [9.17, 15) is 0 Å². The van der Waals surface area contributed by atoms with Gasteiger partial charge in [-0.1, -0.05) is 46.5 Å². The van der Waals surface area contributed by atoms with Gasteiger partial charge in [-0.25, -0.2) is 0 Å². The molecule has 1 rings (SSSR count). The van der Waals surface area contributed by atoms with Crippen LogP contribution in [0.1, 0.15) is 52.9 Å². The van der Waals surface area contributed by atoms with Gasteiger partial charge in [-0.15, -0.1) is 0 Å². The topological polar surface area (TPSA) is 0 Å². The summed E-state index contributed by atoms with van der Waals surface area (Å²) in [4.78, 5) is 0. The van der Waals surface area contributed by atoms with E-state index in [1.807, 2.05) is 0 Å². The summed E-state index contributed by atoms with van der Waals surface area (Å²) < 4.78 is 0. The number of hydrogen-bond donors (Lipinski definition) is 0. The fraction of sp³-hybridized carbons (Fsp3) is 1.00. The van der Waals surface area contributed by atoms with Crippen molar-refractivity contribution in [1.82, 2.24) is 0 Å². The van der Waals surface area contributed by atoms with E-state index in [4.69, 9.17) is 0 Å². The first kappa shape index (κ1) is 9.09. The Bertz CT molecular complexity index is 94.6. The van der Waals surface area contributed by atoms with Crippen molar-refractivity contribution in [1.29, 1.82) is 0 Å². The smallest absolute Gasteiger partial charge is 0.0383 e. The van der Waals surface area contributed by atoms with Crippen LogP contribution in [0.2, 0.25) is 0 Å². The van der Waals surface area contributed by atoms with E-state index in [-0.39, 0.29) is 0 Å². The van der Waals surface area contributed by atoms with E-state index in [1.54, 1.807) is 0 Å². The highest BCUT2D eigenvalue weighted by atomic mass is 14.4. The third-order valence-electron chi connectivity index (χ3n) is 3.41. The maximum absolute atomic E-state index is 2.45. The monoisotopic (exact) mass is 154 g/mol. The Morgan fingerprint density at radius 2 is 1.45 bits per heavy atom. The van der Waals surface area contributed by atoms with E-state index in [1.165, 1.54) is 32.1 Å². The minimum atomic E-state index is 1.04. The molecule has 66 valence electrons. The molecular formula is C11H22. The lowest BCUT2D eigenvalue weighted by Crippen LogP contribution is -2.34. The van der Waals surface area contributed by atoms with E-state index in [0.717, 1.165) is 17.8 Å². The molecule has 0 spiro atoms. The maximum Gasteiger partial charge on any atom is -0.0383 e. The molecule has 1 aliphatic carbocycles. The summed E-state index contributed by atoms with van der Waals surface area (Å²) >= 11 is 0.